The largest absolute Gasteiger partial charge is 0.207 e. The first-order valence-corrected chi connectivity index (χ1v) is 3.38. The first kappa shape index (κ1) is 5.90. The molecule has 0 amide bonds. The summed E-state index contributed by atoms with van der Waals surface area (Å²) >= 11 is 0. The maximum atomic E-state index is 12.5. The molecule has 2 rings (SSSR count). The van der Waals surface area contributed by atoms with E-state index in [1.54, 1.807) is 12.1 Å². The molecule has 0 bridgehead atoms. The third-order valence-electron chi connectivity index (χ3n) is 1.78. The van der Waals surface area contributed by atoms with Crippen LogP contribution in [0.2, 0.25) is 0 Å². The zero-order chi connectivity index (χ0) is 6.97. The highest BCUT2D eigenvalue weighted by Crippen LogP contribution is 2.23. The Morgan fingerprint density at radius 1 is 1.40 bits per heavy atom. The molecule has 1 aromatic carbocycles. The molecule has 0 fully saturated rings. The summed E-state index contributed by atoms with van der Waals surface area (Å²) in [4.78, 5) is 0. The smallest absolute Gasteiger partial charge is 0.123 e. The highest BCUT2D eigenvalue weighted by Gasteiger charge is 2.10. The van der Waals surface area contributed by atoms with E-state index in [9.17, 15) is 4.39 Å². The molecule has 1 aliphatic carbocycles. The standard InChI is InChI=1S/C9H7F/c10-9-5-4-7-2-1-3-8(7)6-9/h4-6H,1,3H2. The van der Waals surface area contributed by atoms with Crippen molar-refractivity contribution in [3.63, 3.8) is 0 Å². The van der Waals surface area contributed by atoms with E-state index in [2.05, 4.69) is 6.42 Å². The van der Waals surface area contributed by atoms with E-state index in [1.165, 1.54) is 6.07 Å². The molecule has 0 spiro atoms. The molecular weight excluding hydrogens is 127 g/mol. The minimum Gasteiger partial charge on any atom is -0.207 e. The van der Waals surface area contributed by atoms with Crippen LogP contribution in [0.25, 0.3) is 0 Å². The van der Waals surface area contributed by atoms with E-state index < -0.39 is 0 Å². The van der Waals surface area contributed by atoms with Crippen LogP contribution in [-0.4, -0.2) is 0 Å². The molecule has 10 heavy (non-hydrogen) atoms. The van der Waals surface area contributed by atoms with Crippen molar-refractivity contribution in [2.45, 2.75) is 12.8 Å². The molecule has 0 nitrogen and oxygen atoms in total. The van der Waals surface area contributed by atoms with E-state index in [4.69, 9.17) is 0 Å². The third-order valence-corrected chi connectivity index (χ3v) is 1.78. The van der Waals surface area contributed by atoms with Gasteiger partial charge >= 0.3 is 0 Å². The topological polar surface area (TPSA) is 0 Å². The van der Waals surface area contributed by atoms with Gasteiger partial charge in [-0.2, -0.15) is 0 Å². The summed E-state index contributed by atoms with van der Waals surface area (Å²) in [5.74, 6) is -0.137. The molecule has 0 atom stereocenters. The average Bonchev–Trinajstić information content (AvgIpc) is 2.33. The molecule has 1 aliphatic rings. The molecule has 50 valence electrons. The van der Waals surface area contributed by atoms with Crippen LogP contribution in [-0.2, 0) is 6.42 Å². The fraction of sp³-hybridized carbons (Fsp3) is 0.222. The molecule has 0 unspecified atom stereocenters. The molecule has 0 aliphatic heterocycles. The Balaban J connectivity index is 2.52. The van der Waals surface area contributed by atoms with Gasteiger partial charge in [-0.05, 0) is 36.1 Å². The highest BCUT2D eigenvalue weighted by molar-refractivity contribution is 5.37. The Hall–Kier alpha value is -0.850. The first-order valence-electron chi connectivity index (χ1n) is 3.38. The molecule has 1 aromatic rings. The zero-order valence-electron chi connectivity index (χ0n) is 5.52. The number of aryl methyl sites for hydroxylation is 1. The third kappa shape index (κ3) is 0.821. The Morgan fingerprint density at radius 3 is 3.20 bits per heavy atom. The summed E-state index contributed by atoms with van der Waals surface area (Å²) in [6, 6.07) is 4.87. The van der Waals surface area contributed by atoms with Crippen LogP contribution in [0.15, 0.2) is 18.2 Å². The van der Waals surface area contributed by atoms with Gasteiger partial charge in [0.2, 0.25) is 0 Å². The van der Waals surface area contributed by atoms with E-state index in [0.29, 0.717) is 0 Å². The normalized spacial score (nSPS) is 15.3. The SMILES string of the molecule is Fc1ccc2c(c1)CC[C]2. The minimum atomic E-state index is -0.137. The van der Waals surface area contributed by atoms with Crippen LogP contribution in [0.4, 0.5) is 4.39 Å². The lowest BCUT2D eigenvalue weighted by Gasteiger charge is -1.95. The van der Waals surface area contributed by atoms with Crippen LogP contribution in [0.1, 0.15) is 17.5 Å². The van der Waals surface area contributed by atoms with Crippen molar-refractivity contribution < 1.29 is 4.39 Å². The fourth-order valence-electron chi connectivity index (χ4n) is 1.27. The molecular formula is C9H7F. The van der Waals surface area contributed by atoms with Gasteiger partial charge in [0, 0.05) is 6.42 Å². The quantitative estimate of drug-likeness (QED) is 0.510. The van der Waals surface area contributed by atoms with E-state index in [-0.39, 0.29) is 5.82 Å². The maximum Gasteiger partial charge on any atom is 0.123 e. The predicted molar refractivity (Wildman–Crippen MR) is 37.1 cm³/mol. The first-order chi connectivity index (χ1) is 4.86. The Bertz CT molecular complexity index is 253. The maximum absolute atomic E-state index is 12.5. The van der Waals surface area contributed by atoms with Crippen molar-refractivity contribution in [3.8, 4) is 0 Å². The molecule has 1 heteroatoms. The molecule has 0 N–H and O–H groups in total. The van der Waals surface area contributed by atoms with Crippen molar-refractivity contribution in [1.29, 1.82) is 0 Å². The Kier molecular flexibility index (Phi) is 1.23. The fourth-order valence-corrected chi connectivity index (χ4v) is 1.27. The summed E-state index contributed by atoms with van der Waals surface area (Å²) in [5, 5.41) is 0. The number of halogens is 1. The van der Waals surface area contributed by atoms with Gasteiger partial charge in [0.15, 0.2) is 0 Å². The summed E-state index contributed by atoms with van der Waals surface area (Å²) in [6.45, 7) is 0. The Labute approximate surface area is 59.7 Å². The second-order valence-electron chi connectivity index (χ2n) is 2.48. The molecule has 2 radical (unpaired) electrons. The highest BCUT2D eigenvalue weighted by atomic mass is 19.1. The zero-order valence-corrected chi connectivity index (χ0v) is 5.52. The van der Waals surface area contributed by atoms with Crippen LogP contribution in [0.5, 0.6) is 0 Å². The van der Waals surface area contributed by atoms with Gasteiger partial charge in [0.05, 0.1) is 0 Å². The number of rotatable bonds is 0. The van der Waals surface area contributed by atoms with Gasteiger partial charge in [0.1, 0.15) is 5.82 Å². The second kappa shape index (κ2) is 2.08. The molecule has 0 saturated heterocycles. The van der Waals surface area contributed by atoms with Gasteiger partial charge < -0.3 is 0 Å². The summed E-state index contributed by atoms with van der Waals surface area (Å²) in [6.07, 6.45) is 5.06. The average molecular weight is 134 g/mol. The predicted octanol–water partition coefficient (Wildman–Crippen LogP) is 2.20. The number of benzene rings is 1. The van der Waals surface area contributed by atoms with E-state index in [0.717, 1.165) is 24.0 Å². The summed E-state index contributed by atoms with van der Waals surface area (Å²) < 4.78 is 12.5. The van der Waals surface area contributed by atoms with E-state index in [1.807, 2.05) is 0 Å². The van der Waals surface area contributed by atoms with Crippen molar-refractivity contribution in [2.75, 3.05) is 0 Å². The number of fused-ring (bicyclic) bond motifs is 1. The van der Waals surface area contributed by atoms with E-state index >= 15 is 0 Å². The van der Waals surface area contributed by atoms with Gasteiger partial charge in [-0.1, -0.05) is 6.07 Å². The molecule has 0 aromatic heterocycles. The van der Waals surface area contributed by atoms with Crippen molar-refractivity contribution >= 4 is 0 Å². The van der Waals surface area contributed by atoms with Gasteiger partial charge in [-0.25, -0.2) is 4.39 Å². The minimum absolute atomic E-state index is 0.137. The number of hydrogen-bond acceptors (Lipinski definition) is 0. The summed E-state index contributed by atoms with van der Waals surface area (Å²) in [5.41, 5.74) is 2.18. The van der Waals surface area contributed by atoms with Crippen LogP contribution in [0, 0.1) is 12.2 Å². The van der Waals surface area contributed by atoms with Crippen molar-refractivity contribution in [2.24, 2.45) is 0 Å². The monoisotopic (exact) mass is 134 g/mol. The van der Waals surface area contributed by atoms with Crippen LogP contribution < -0.4 is 0 Å². The lowest BCUT2D eigenvalue weighted by atomic mass is 10.1. The van der Waals surface area contributed by atoms with Gasteiger partial charge in [0.25, 0.3) is 0 Å². The van der Waals surface area contributed by atoms with Gasteiger partial charge in [-0.3, -0.25) is 0 Å². The number of hydrogen-bond donors (Lipinski definition) is 0. The van der Waals surface area contributed by atoms with Gasteiger partial charge in [-0.15, -0.1) is 0 Å². The van der Waals surface area contributed by atoms with Crippen molar-refractivity contribution in [1.82, 2.24) is 0 Å². The lowest BCUT2D eigenvalue weighted by molar-refractivity contribution is 0.626. The Morgan fingerprint density at radius 2 is 2.30 bits per heavy atom. The van der Waals surface area contributed by atoms with Crippen LogP contribution in [0.3, 0.4) is 0 Å². The molecule has 0 saturated carbocycles. The lowest BCUT2D eigenvalue weighted by Crippen LogP contribution is -1.81. The second-order valence-corrected chi connectivity index (χ2v) is 2.48. The van der Waals surface area contributed by atoms with Crippen molar-refractivity contribution in [3.05, 3.63) is 41.6 Å². The summed E-state index contributed by atoms with van der Waals surface area (Å²) in [7, 11) is 0. The van der Waals surface area contributed by atoms with Crippen LogP contribution >= 0.6 is 0 Å². The molecule has 0 heterocycles.